The summed E-state index contributed by atoms with van der Waals surface area (Å²) >= 11 is 0. The van der Waals surface area contributed by atoms with Gasteiger partial charge in [-0.15, -0.1) is 6.58 Å². The van der Waals surface area contributed by atoms with Crippen molar-refractivity contribution in [3.05, 3.63) is 42.3 Å². The molecule has 0 heterocycles. The van der Waals surface area contributed by atoms with Gasteiger partial charge >= 0.3 is 0 Å². The Hall–Kier alpha value is -1.44. The summed E-state index contributed by atoms with van der Waals surface area (Å²) in [5, 5.41) is 0. The van der Waals surface area contributed by atoms with Crippen LogP contribution in [0.1, 0.15) is 32.8 Å². The predicted octanol–water partition coefficient (Wildman–Crippen LogP) is 4.00. The molecule has 0 N–H and O–H groups in total. The van der Waals surface area contributed by atoms with E-state index in [-0.39, 0.29) is 0 Å². The summed E-state index contributed by atoms with van der Waals surface area (Å²) in [6.07, 6.45) is 2.82. The molecule has 2 nitrogen and oxygen atoms in total. The number of rotatable bonds is 7. The van der Waals surface area contributed by atoms with Crippen LogP contribution < -0.4 is 9.47 Å². The number of allylic oxidation sites excluding steroid dienone is 1. The number of benzene rings is 1. The zero-order valence-corrected chi connectivity index (χ0v) is 11.0. The highest BCUT2D eigenvalue weighted by Gasteiger charge is 2.14. The highest BCUT2D eigenvalue weighted by molar-refractivity contribution is 5.54. The summed E-state index contributed by atoms with van der Waals surface area (Å²) in [6, 6.07) is 5.96. The van der Waals surface area contributed by atoms with E-state index in [0.29, 0.717) is 13.2 Å². The lowest BCUT2D eigenvalue weighted by molar-refractivity contribution is 0.275. The number of hydrogen-bond donors (Lipinski definition) is 0. The molecule has 0 aliphatic rings. The second-order valence-electron chi connectivity index (χ2n) is 3.80. The fraction of sp³-hybridized carbons (Fsp3) is 0.400. The first kappa shape index (κ1) is 13.6. The van der Waals surface area contributed by atoms with Gasteiger partial charge in [-0.2, -0.15) is 0 Å². The van der Waals surface area contributed by atoms with Crippen LogP contribution in [0.2, 0.25) is 0 Å². The molecule has 0 saturated carbocycles. The zero-order valence-electron chi connectivity index (χ0n) is 11.0. The summed E-state index contributed by atoms with van der Waals surface area (Å²) in [5.41, 5.74) is 1.05. The Balaban J connectivity index is 3.06. The highest BCUT2D eigenvalue weighted by atomic mass is 16.5. The van der Waals surface area contributed by atoms with Crippen LogP contribution in [0.5, 0.6) is 11.5 Å². The molecular formula is C15H21O2. The van der Waals surface area contributed by atoms with Gasteiger partial charge in [-0.05, 0) is 19.4 Å². The smallest absolute Gasteiger partial charge is 0.165 e. The minimum atomic E-state index is 0.629. The van der Waals surface area contributed by atoms with Crippen LogP contribution in [0.3, 0.4) is 0 Å². The lowest BCUT2D eigenvalue weighted by Gasteiger charge is -2.17. The van der Waals surface area contributed by atoms with Crippen LogP contribution in [0.15, 0.2) is 30.9 Å². The summed E-state index contributed by atoms with van der Waals surface area (Å²) in [4.78, 5) is 0. The molecule has 0 spiro atoms. The van der Waals surface area contributed by atoms with Gasteiger partial charge in [0.2, 0.25) is 0 Å². The molecule has 0 atom stereocenters. The van der Waals surface area contributed by atoms with E-state index in [2.05, 4.69) is 13.5 Å². The van der Waals surface area contributed by atoms with Crippen molar-refractivity contribution in [2.24, 2.45) is 0 Å². The fourth-order valence-electron chi connectivity index (χ4n) is 1.56. The molecular weight excluding hydrogens is 212 g/mol. The lowest BCUT2D eigenvalue weighted by atomic mass is 10.00. The Morgan fingerprint density at radius 3 is 2.65 bits per heavy atom. The number of ether oxygens (including phenoxy) is 2. The average molecular weight is 233 g/mol. The first-order chi connectivity index (χ1) is 8.24. The van der Waals surface area contributed by atoms with Crippen LogP contribution in [0.25, 0.3) is 0 Å². The van der Waals surface area contributed by atoms with Crippen molar-refractivity contribution in [3.63, 3.8) is 0 Å². The van der Waals surface area contributed by atoms with Crippen molar-refractivity contribution in [1.29, 1.82) is 0 Å². The Labute approximate surface area is 104 Å². The topological polar surface area (TPSA) is 18.5 Å². The standard InChI is InChI=1S/C15H21O2/c1-5-11-17-14-10-8-9-13(12(4)6-2)15(14)16-7-3/h6,8-10H,2,5,7,11H2,1,3-4H3. The molecule has 1 aromatic carbocycles. The second-order valence-corrected chi connectivity index (χ2v) is 3.80. The van der Waals surface area contributed by atoms with Crippen molar-refractivity contribution in [3.8, 4) is 11.5 Å². The third-order valence-corrected chi connectivity index (χ3v) is 2.46. The number of hydrogen-bond acceptors (Lipinski definition) is 2. The first-order valence-electron chi connectivity index (χ1n) is 6.09. The Morgan fingerprint density at radius 2 is 2.06 bits per heavy atom. The van der Waals surface area contributed by atoms with Crippen LogP contribution >= 0.6 is 0 Å². The van der Waals surface area contributed by atoms with Gasteiger partial charge in [0.05, 0.1) is 13.2 Å². The molecule has 1 rings (SSSR count). The molecule has 0 saturated heterocycles. The summed E-state index contributed by atoms with van der Waals surface area (Å²) in [6.45, 7) is 11.2. The Bertz CT molecular complexity index is 358. The molecule has 0 aliphatic carbocycles. The maximum Gasteiger partial charge on any atom is 0.165 e. The monoisotopic (exact) mass is 233 g/mol. The predicted molar refractivity (Wildman–Crippen MR) is 71.6 cm³/mol. The quantitative estimate of drug-likeness (QED) is 0.708. The van der Waals surface area contributed by atoms with Gasteiger partial charge in [-0.1, -0.05) is 32.1 Å². The molecule has 1 radical (unpaired) electrons. The second kappa shape index (κ2) is 7.00. The van der Waals surface area contributed by atoms with E-state index in [1.807, 2.05) is 38.1 Å². The van der Waals surface area contributed by atoms with Crippen molar-refractivity contribution in [2.45, 2.75) is 27.2 Å². The summed E-state index contributed by atoms with van der Waals surface area (Å²) < 4.78 is 11.4. The van der Waals surface area contributed by atoms with Crippen LogP contribution in [0, 0.1) is 5.92 Å². The zero-order chi connectivity index (χ0) is 12.7. The minimum absolute atomic E-state index is 0.629. The largest absolute Gasteiger partial charge is 0.490 e. The van der Waals surface area contributed by atoms with Gasteiger partial charge in [-0.3, -0.25) is 0 Å². The van der Waals surface area contributed by atoms with Gasteiger partial charge in [0.25, 0.3) is 0 Å². The molecule has 0 aromatic heterocycles. The van der Waals surface area contributed by atoms with E-state index in [4.69, 9.17) is 9.47 Å². The summed E-state index contributed by atoms with van der Waals surface area (Å²) in [5.74, 6) is 2.73. The van der Waals surface area contributed by atoms with E-state index in [1.54, 1.807) is 0 Å². The molecule has 0 aliphatic heterocycles. The van der Waals surface area contributed by atoms with Crippen molar-refractivity contribution >= 4 is 0 Å². The van der Waals surface area contributed by atoms with Gasteiger partial charge < -0.3 is 9.47 Å². The molecule has 0 unspecified atom stereocenters. The van der Waals surface area contributed by atoms with Gasteiger partial charge in [0.15, 0.2) is 11.5 Å². The van der Waals surface area contributed by atoms with Gasteiger partial charge in [0, 0.05) is 11.5 Å². The van der Waals surface area contributed by atoms with Crippen LogP contribution in [0.4, 0.5) is 0 Å². The summed E-state index contributed by atoms with van der Waals surface area (Å²) in [7, 11) is 0. The lowest BCUT2D eigenvalue weighted by Crippen LogP contribution is -2.04. The van der Waals surface area contributed by atoms with Gasteiger partial charge in [-0.25, -0.2) is 0 Å². The normalized spacial score (nSPS) is 10.4. The van der Waals surface area contributed by atoms with Gasteiger partial charge in [0.1, 0.15) is 0 Å². The van der Waals surface area contributed by atoms with E-state index in [9.17, 15) is 0 Å². The number of para-hydroxylation sites is 1. The molecule has 17 heavy (non-hydrogen) atoms. The third kappa shape index (κ3) is 3.52. The molecule has 2 heteroatoms. The highest BCUT2D eigenvalue weighted by Crippen LogP contribution is 2.35. The molecule has 0 fully saturated rings. The Kier molecular flexibility index (Phi) is 5.61. The Morgan fingerprint density at radius 1 is 1.29 bits per heavy atom. The van der Waals surface area contributed by atoms with Crippen LogP contribution in [-0.4, -0.2) is 13.2 Å². The average Bonchev–Trinajstić information content (AvgIpc) is 2.36. The molecule has 93 valence electrons. The molecule has 0 amide bonds. The van der Waals surface area contributed by atoms with Crippen LogP contribution in [-0.2, 0) is 0 Å². The van der Waals surface area contributed by atoms with Crippen molar-refractivity contribution < 1.29 is 9.47 Å². The minimum Gasteiger partial charge on any atom is -0.490 e. The van der Waals surface area contributed by atoms with Crippen molar-refractivity contribution in [2.75, 3.05) is 13.2 Å². The fourth-order valence-corrected chi connectivity index (χ4v) is 1.56. The van der Waals surface area contributed by atoms with E-state index < -0.39 is 0 Å². The third-order valence-electron chi connectivity index (χ3n) is 2.46. The SMILES string of the molecule is C=C[C](C)c1cccc(OCCC)c1OCC. The van der Waals surface area contributed by atoms with E-state index >= 15 is 0 Å². The molecule has 1 aromatic rings. The van der Waals surface area contributed by atoms with E-state index in [0.717, 1.165) is 29.4 Å². The maximum atomic E-state index is 5.70. The first-order valence-corrected chi connectivity index (χ1v) is 6.09. The van der Waals surface area contributed by atoms with Crippen molar-refractivity contribution in [1.82, 2.24) is 0 Å². The van der Waals surface area contributed by atoms with E-state index in [1.165, 1.54) is 0 Å². The maximum absolute atomic E-state index is 5.70. The molecule has 0 bridgehead atoms.